The van der Waals surface area contributed by atoms with Crippen LogP contribution >= 0.6 is 0 Å². The lowest BCUT2D eigenvalue weighted by Crippen LogP contribution is -2.39. The van der Waals surface area contributed by atoms with Gasteiger partial charge in [0, 0.05) is 18.5 Å². The van der Waals surface area contributed by atoms with Gasteiger partial charge in [-0.1, -0.05) is 32.9 Å². The van der Waals surface area contributed by atoms with E-state index in [4.69, 9.17) is 14.2 Å². The summed E-state index contributed by atoms with van der Waals surface area (Å²) in [4.78, 5) is 14.7. The van der Waals surface area contributed by atoms with Crippen molar-refractivity contribution >= 4 is 5.97 Å². The van der Waals surface area contributed by atoms with Crippen LogP contribution in [-0.2, 0) is 4.79 Å². The monoisotopic (exact) mass is 389 g/mol. The summed E-state index contributed by atoms with van der Waals surface area (Å²) in [5, 5.41) is 10.1. The summed E-state index contributed by atoms with van der Waals surface area (Å²) < 4.78 is 16.5. The quantitative estimate of drug-likeness (QED) is 0.713. The maximum absolute atomic E-state index is 12.4. The molecule has 3 rings (SSSR count). The number of carboxylic acids is 1. The second-order valence-corrected chi connectivity index (χ2v) is 8.28. The third-order valence-corrected chi connectivity index (χ3v) is 5.90. The number of hydrogen-bond donors (Lipinski definition) is 1. The minimum atomic E-state index is -0.751. The van der Waals surface area contributed by atoms with Crippen molar-refractivity contribution in [1.29, 1.82) is 0 Å². The maximum atomic E-state index is 12.4. The normalized spacial score (nSPS) is 24.8. The van der Waals surface area contributed by atoms with Gasteiger partial charge in [0.2, 0.25) is 12.5 Å². The van der Waals surface area contributed by atoms with Crippen LogP contribution < -0.4 is 14.2 Å². The molecule has 1 aromatic rings. The molecule has 0 saturated carbocycles. The molecular weight excluding hydrogens is 358 g/mol. The molecule has 0 amide bonds. The van der Waals surface area contributed by atoms with Crippen molar-refractivity contribution in [3.05, 3.63) is 29.8 Å². The zero-order valence-corrected chi connectivity index (χ0v) is 17.4. The Morgan fingerprint density at radius 1 is 1.39 bits per heavy atom. The predicted molar refractivity (Wildman–Crippen MR) is 107 cm³/mol. The SMILES string of the molecule is CC=CC(C)(C)C[C@H]1[C@H](C(=O)O)[C@@H](c2cc(OC)c3c(c2)OCO3)CN1CC. The van der Waals surface area contributed by atoms with Crippen molar-refractivity contribution in [1.82, 2.24) is 4.90 Å². The van der Waals surface area contributed by atoms with Gasteiger partial charge in [0.25, 0.3) is 0 Å². The summed E-state index contributed by atoms with van der Waals surface area (Å²) in [5.74, 6) is 0.434. The molecule has 3 atom stereocenters. The summed E-state index contributed by atoms with van der Waals surface area (Å²) in [6, 6.07) is 3.79. The van der Waals surface area contributed by atoms with E-state index in [1.54, 1.807) is 7.11 Å². The lowest BCUT2D eigenvalue weighted by molar-refractivity contribution is -0.143. The summed E-state index contributed by atoms with van der Waals surface area (Å²) in [6.07, 6.45) is 5.00. The Morgan fingerprint density at radius 3 is 2.75 bits per heavy atom. The van der Waals surface area contributed by atoms with E-state index in [9.17, 15) is 9.90 Å². The van der Waals surface area contributed by atoms with Crippen LogP contribution in [0.4, 0.5) is 0 Å². The van der Waals surface area contributed by atoms with Crippen molar-refractivity contribution in [2.75, 3.05) is 27.0 Å². The first kappa shape index (κ1) is 20.5. The van der Waals surface area contributed by atoms with Gasteiger partial charge in [-0.25, -0.2) is 0 Å². The minimum Gasteiger partial charge on any atom is -0.493 e. The molecule has 2 heterocycles. The molecule has 154 valence electrons. The Hall–Kier alpha value is -2.21. The fourth-order valence-electron chi connectivity index (χ4n) is 4.69. The van der Waals surface area contributed by atoms with E-state index >= 15 is 0 Å². The Kier molecular flexibility index (Phi) is 5.89. The highest BCUT2D eigenvalue weighted by Crippen LogP contribution is 2.48. The number of likely N-dealkylation sites (N-methyl/N-ethyl adjacent to an activating group) is 1. The van der Waals surface area contributed by atoms with Crippen molar-refractivity contribution in [2.24, 2.45) is 11.3 Å². The van der Waals surface area contributed by atoms with Gasteiger partial charge in [-0.05, 0) is 43.0 Å². The van der Waals surface area contributed by atoms with E-state index in [1.807, 2.05) is 25.1 Å². The molecule has 0 spiro atoms. The first-order valence-electron chi connectivity index (χ1n) is 9.89. The number of carboxylic acid groups (broad SMARTS) is 1. The molecule has 1 fully saturated rings. The van der Waals surface area contributed by atoms with Crippen molar-refractivity contribution < 1.29 is 24.1 Å². The predicted octanol–water partition coefficient (Wildman–Crippen LogP) is 3.90. The highest BCUT2D eigenvalue weighted by molar-refractivity contribution is 5.73. The van der Waals surface area contributed by atoms with Crippen LogP contribution in [-0.4, -0.2) is 49.0 Å². The average molecular weight is 389 g/mol. The van der Waals surface area contributed by atoms with E-state index in [0.29, 0.717) is 23.8 Å². The largest absolute Gasteiger partial charge is 0.493 e. The van der Waals surface area contributed by atoms with Gasteiger partial charge in [0.1, 0.15) is 0 Å². The second-order valence-electron chi connectivity index (χ2n) is 8.28. The van der Waals surface area contributed by atoms with Crippen LogP contribution in [0.1, 0.15) is 45.6 Å². The summed E-state index contributed by atoms with van der Waals surface area (Å²) in [5.41, 5.74) is 0.862. The third-order valence-electron chi connectivity index (χ3n) is 5.90. The molecule has 1 N–H and O–H groups in total. The van der Waals surface area contributed by atoms with Crippen LogP contribution in [0.5, 0.6) is 17.2 Å². The van der Waals surface area contributed by atoms with Gasteiger partial charge in [0.15, 0.2) is 11.5 Å². The van der Waals surface area contributed by atoms with Gasteiger partial charge in [-0.2, -0.15) is 0 Å². The van der Waals surface area contributed by atoms with Crippen LogP contribution in [0.15, 0.2) is 24.3 Å². The lowest BCUT2D eigenvalue weighted by atomic mass is 9.77. The molecular formula is C22H31NO5. The zero-order chi connectivity index (χ0) is 20.5. The standard InChI is InChI=1S/C22H31NO5/c1-6-8-22(3,4)11-16-19(21(24)25)15(12-23(16)7-2)14-9-17(26-5)20-18(10-14)27-13-28-20/h6,8-10,15-16,19H,7,11-13H2,1-5H3,(H,24,25)/t15-,16+,19-/m1/s1. The Labute approximate surface area is 167 Å². The van der Waals surface area contributed by atoms with Gasteiger partial charge in [-0.3, -0.25) is 9.69 Å². The second kappa shape index (κ2) is 8.03. The lowest BCUT2D eigenvalue weighted by Gasteiger charge is -2.32. The highest BCUT2D eigenvalue weighted by Gasteiger charge is 2.47. The summed E-state index contributed by atoms with van der Waals surface area (Å²) >= 11 is 0. The number of nitrogens with zero attached hydrogens (tertiary/aromatic N) is 1. The van der Waals surface area contributed by atoms with Gasteiger partial charge < -0.3 is 19.3 Å². The molecule has 0 aromatic heterocycles. The van der Waals surface area contributed by atoms with Gasteiger partial charge >= 0.3 is 5.97 Å². The van der Waals surface area contributed by atoms with Crippen molar-refractivity contribution in [3.63, 3.8) is 0 Å². The molecule has 2 aliphatic heterocycles. The molecule has 2 aliphatic rings. The minimum absolute atomic E-state index is 0.0323. The number of likely N-dealkylation sites (tertiary alicyclic amines) is 1. The molecule has 0 aliphatic carbocycles. The Bertz CT molecular complexity index is 758. The number of ether oxygens (including phenoxy) is 3. The van der Waals surface area contributed by atoms with E-state index < -0.39 is 11.9 Å². The van der Waals surface area contributed by atoms with E-state index in [-0.39, 0.29) is 24.2 Å². The number of allylic oxidation sites excluding steroid dienone is 2. The average Bonchev–Trinajstić information content (AvgIpc) is 3.24. The first-order chi connectivity index (χ1) is 13.3. The molecule has 6 heteroatoms. The van der Waals surface area contributed by atoms with E-state index in [2.05, 4.69) is 31.7 Å². The third kappa shape index (κ3) is 3.83. The van der Waals surface area contributed by atoms with E-state index in [1.165, 1.54) is 0 Å². The van der Waals surface area contributed by atoms with Crippen molar-refractivity contribution in [2.45, 2.75) is 46.1 Å². The topological polar surface area (TPSA) is 68.2 Å². The number of rotatable bonds is 7. The zero-order valence-electron chi connectivity index (χ0n) is 17.4. The van der Waals surface area contributed by atoms with Crippen LogP contribution in [0.25, 0.3) is 0 Å². The van der Waals surface area contributed by atoms with Crippen LogP contribution in [0.2, 0.25) is 0 Å². The smallest absolute Gasteiger partial charge is 0.308 e. The highest BCUT2D eigenvalue weighted by atomic mass is 16.7. The number of methoxy groups -OCH3 is 1. The van der Waals surface area contributed by atoms with Gasteiger partial charge in [0.05, 0.1) is 13.0 Å². The Balaban J connectivity index is 1.98. The molecule has 28 heavy (non-hydrogen) atoms. The fraction of sp³-hybridized carbons (Fsp3) is 0.591. The maximum Gasteiger partial charge on any atom is 0.308 e. The molecule has 0 bridgehead atoms. The number of hydrogen-bond acceptors (Lipinski definition) is 5. The number of fused-ring (bicyclic) bond motifs is 1. The molecule has 6 nitrogen and oxygen atoms in total. The molecule has 0 unspecified atom stereocenters. The fourth-order valence-corrected chi connectivity index (χ4v) is 4.69. The number of aliphatic carboxylic acids is 1. The van der Waals surface area contributed by atoms with Crippen LogP contribution in [0, 0.1) is 11.3 Å². The molecule has 0 radical (unpaired) electrons. The first-order valence-corrected chi connectivity index (χ1v) is 9.89. The summed E-state index contributed by atoms with van der Waals surface area (Å²) in [6.45, 7) is 10.1. The van der Waals surface area contributed by atoms with Gasteiger partial charge in [-0.15, -0.1) is 0 Å². The molecule has 1 saturated heterocycles. The van der Waals surface area contributed by atoms with Crippen molar-refractivity contribution in [3.8, 4) is 17.2 Å². The number of carbonyl (C=O) groups is 1. The number of benzene rings is 1. The van der Waals surface area contributed by atoms with Crippen LogP contribution in [0.3, 0.4) is 0 Å². The summed E-state index contributed by atoms with van der Waals surface area (Å²) in [7, 11) is 1.59. The Morgan fingerprint density at radius 2 is 2.14 bits per heavy atom. The van der Waals surface area contributed by atoms with E-state index in [0.717, 1.165) is 18.5 Å². The molecule has 1 aromatic carbocycles.